The molecule has 0 unspecified atom stereocenters. The zero-order valence-electron chi connectivity index (χ0n) is 11.2. The van der Waals surface area contributed by atoms with Crippen molar-refractivity contribution in [1.29, 1.82) is 0 Å². The van der Waals surface area contributed by atoms with E-state index in [1.54, 1.807) is 6.07 Å². The molecule has 1 aliphatic rings. The molecule has 3 heteroatoms. The van der Waals surface area contributed by atoms with Crippen LogP contribution in [0.25, 0.3) is 0 Å². The number of nitrogens with zero attached hydrogens (tertiary/aromatic N) is 1. The largest absolute Gasteiger partial charge is 0.508 e. The summed E-state index contributed by atoms with van der Waals surface area (Å²) in [5.41, 5.74) is 1.21. The standard InChI is InChI=1S/C15H24N2O/c1-16-8-5-13-6-9-17(10-7-13)12-14-3-2-4-15(18)11-14/h2-4,11,13,16,18H,5-10,12H2,1H3. The first kappa shape index (κ1) is 13.4. The lowest BCUT2D eigenvalue weighted by molar-refractivity contribution is 0.172. The Morgan fingerprint density at radius 1 is 1.33 bits per heavy atom. The number of rotatable bonds is 5. The monoisotopic (exact) mass is 248 g/mol. The molecular formula is C15H24N2O. The number of phenols is 1. The average molecular weight is 248 g/mol. The Balaban J connectivity index is 1.76. The van der Waals surface area contributed by atoms with Gasteiger partial charge >= 0.3 is 0 Å². The van der Waals surface area contributed by atoms with Gasteiger partial charge in [-0.3, -0.25) is 4.90 Å². The second kappa shape index (κ2) is 6.76. The van der Waals surface area contributed by atoms with E-state index in [-0.39, 0.29) is 0 Å². The number of likely N-dealkylation sites (tertiary alicyclic amines) is 1. The van der Waals surface area contributed by atoms with Crippen molar-refractivity contribution in [2.45, 2.75) is 25.8 Å². The summed E-state index contributed by atoms with van der Waals surface area (Å²) in [5, 5.41) is 12.7. The van der Waals surface area contributed by atoms with E-state index in [9.17, 15) is 5.11 Å². The molecule has 0 atom stereocenters. The molecule has 0 spiro atoms. The van der Waals surface area contributed by atoms with Gasteiger partial charge in [-0.25, -0.2) is 0 Å². The summed E-state index contributed by atoms with van der Waals surface area (Å²) in [5.74, 6) is 1.26. The minimum atomic E-state index is 0.372. The predicted octanol–water partition coefficient (Wildman–Crippen LogP) is 2.21. The first-order valence-electron chi connectivity index (χ1n) is 6.93. The number of hydrogen-bond acceptors (Lipinski definition) is 3. The Kier molecular flexibility index (Phi) is 5.02. The van der Waals surface area contributed by atoms with Crippen LogP contribution in [-0.2, 0) is 6.54 Å². The van der Waals surface area contributed by atoms with Crippen LogP contribution in [0.1, 0.15) is 24.8 Å². The molecule has 1 heterocycles. The number of aromatic hydroxyl groups is 1. The number of phenolic OH excluding ortho intramolecular Hbond substituents is 1. The van der Waals surface area contributed by atoms with E-state index in [1.165, 1.54) is 37.9 Å². The van der Waals surface area contributed by atoms with Crippen LogP contribution < -0.4 is 5.32 Å². The predicted molar refractivity (Wildman–Crippen MR) is 74.7 cm³/mol. The van der Waals surface area contributed by atoms with E-state index >= 15 is 0 Å². The lowest BCUT2D eigenvalue weighted by atomic mass is 9.93. The minimum absolute atomic E-state index is 0.372. The van der Waals surface area contributed by atoms with Gasteiger partial charge in [0.15, 0.2) is 0 Å². The van der Waals surface area contributed by atoms with Gasteiger partial charge in [-0.1, -0.05) is 12.1 Å². The van der Waals surface area contributed by atoms with Crippen LogP contribution in [-0.4, -0.2) is 36.7 Å². The molecule has 0 amide bonds. The summed E-state index contributed by atoms with van der Waals surface area (Å²) in [7, 11) is 2.02. The van der Waals surface area contributed by atoms with E-state index in [1.807, 2.05) is 19.2 Å². The number of piperidine rings is 1. The third-order valence-corrected chi connectivity index (χ3v) is 3.83. The van der Waals surface area contributed by atoms with E-state index < -0.39 is 0 Å². The SMILES string of the molecule is CNCCC1CCN(Cc2cccc(O)c2)CC1. The van der Waals surface area contributed by atoms with Gasteiger partial charge in [0.05, 0.1) is 0 Å². The van der Waals surface area contributed by atoms with Crippen molar-refractivity contribution in [2.24, 2.45) is 5.92 Å². The molecule has 1 aliphatic heterocycles. The first-order chi connectivity index (χ1) is 8.78. The van der Waals surface area contributed by atoms with Crippen LogP contribution in [0.3, 0.4) is 0 Å². The molecule has 0 radical (unpaired) electrons. The first-order valence-corrected chi connectivity index (χ1v) is 6.93. The van der Waals surface area contributed by atoms with Gasteiger partial charge in [-0.05, 0) is 69.6 Å². The summed E-state index contributed by atoms with van der Waals surface area (Å²) >= 11 is 0. The van der Waals surface area contributed by atoms with Gasteiger partial charge in [0.25, 0.3) is 0 Å². The fraction of sp³-hybridized carbons (Fsp3) is 0.600. The molecule has 0 aromatic heterocycles. The molecule has 2 N–H and O–H groups in total. The van der Waals surface area contributed by atoms with Crippen molar-refractivity contribution in [3.8, 4) is 5.75 Å². The number of nitrogens with one attached hydrogen (secondary N) is 1. The smallest absolute Gasteiger partial charge is 0.115 e. The second-order valence-corrected chi connectivity index (χ2v) is 5.28. The molecule has 100 valence electrons. The summed E-state index contributed by atoms with van der Waals surface area (Å²) in [6.07, 6.45) is 3.91. The Bertz CT molecular complexity index is 359. The zero-order valence-corrected chi connectivity index (χ0v) is 11.2. The van der Waals surface area contributed by atoms with Gasteiger partial charge in [-0.2, -0.15) is 0 Å². The Morgan fingerprint density at radius 3 is 2.78 bits per heavy atom. The lowest BCUT2D eigenvalue weighted by Crippen LogP contribution is -2.34. The molecule has 0 bridgehead atoms. The van der Waals surface area contributed by atoms with Crippen LogP contribution in [0.15, 0.2) is 24.3 Å². The van der Waals surface area contributed by atoms with Gasteiger partial charge < -0.3 is 10.4 Å². The highest BCUT2D eigenvalue weighted by Gasteiger charge is 2.18. The molecule has 18 heavy (non-hydrogen) atoms. The van der Waals surface area contributed by atoms with Crippen LogP contribution in [0, 0.1) is 5.92 Å². The molecule has 1 fully saturated rings. The van der Waals surface area contributed by atoms with E-state index in [0.29, 0.717) is 5.75 Å². The quantitative estimate of drug-likeness (QED) is 0.838. The Hall–Kier alpha value is -1.06. The Morgan fingerprint density at radius 2 is 2.11 bits per heavy atom. The Labute approximate surface area is 110 Å². The second-order valence-electron chi connectivity index (χ2n) is 5.28. The van der Waals surface area contributed by atoms with Gasteiger partial charge in [0, 0.05) is 6.54 Å². The molecular weight excluding hydrogens is 224 g/mol. The van der Waals surface area contributed by atoms with Gasteiger partial charge in [-0.15, -0.1) is 0 Å². The van der Waals surface area contributed by atoms with E-state index in [2.05, 4.69) is 16.3 Å². The maximum Gasteiger partial charge on any atom is 0.115 e. The summed E-state index contributed by atoms with van der Waals surface area (Å²) in [4.78, 5) is 2.49. The van der Waals surface area contributed by atoms with Crippen molar-refractivity contribution in [3.05, 3.63) is 29.8 Å². The van der Waals surface area contributed by atoms with Crippen LogP contribution in [0.2, 0.25) is 0 Å². The molecule has 1 saturated heterocycles. The summed E-state index contributed by atoms with van der Waals surface area (Å²) < 4.78 is 0. The average Bonchev–Trinajstić information content (AvgIpc) is 2.38. The van der Waals surface area contributed by atoms with Crippen molar-refractivity contribution in [1.82, 2.24) is 10.2 Å². The fourth-order valence-electron chi connectivity index (χ4n) is 2.69. The third-order valence-electron chi connectivity index (χ3n) is 3.83. The highest BCUT2D eigenvalue weighted by atomic mass is 16.3. The van der Waals surface area contributed by atoms with Crippen molar-refractivity contribution < 1.29 is 5.11 Å². The van der Waals surface area contributed by atoms with Gasteiger partial charge in [0.1, 0.15) is 5.75 Å². The molecule has 0 saturated carbocycles. The minimum Gasteiger partial charge on any atom is -0.508 e. The molecule has 1 aromatic rings. The summed E-state index contributed by atoms with van der Waals surface area (Å²) in [6.45, 7) is 4.47. The normalized spacial score (nSPS) is 18.1. The summed E-state index contributed by atoms with van der Waals surface area (Å²) in [6, 6.07) is 7.61. The number of hydrogen-bond donors (Lipinski definition) is 2. The highest BCUT2D eigenvalue weighted by Crippen LogP contribution is 2.22. The van der Waals surface area contributed by atoms with Crippen molar-refractivity contribution >= 4 is 0 Å². The lowest BCUT2D eigenvalue weighted by Gasteiger charge is -2.32. The zero-order chi connectivity index (χ0) is 12.8. The van der Waals surface area contributed by atoms with E-state index in [0.717, 1.165) is 19.0 Å². The fourth-order valence-corrected chi connectivity index (χ4v) is 2.69. The topological polar surface area (TPSA) is 35.5 Å². The van der Waals surface area contributed by atoms with Crippen LogP contribution in [0.4, 0.5) is 0 Å². The maximum absolute atomic E-state index is 9.46. The highest BCUT2D eigenvalue weighted by molar-refractivity contribution is 5.27. The van der Waals surface area contributed by atoms with Gasteiger partial charge in [0.2, 0.25) is 0 Å². The number of benzene rings is 1. The molecule has 3 nitrogen and oxygen atoms in total. The molecule has 1 aromatic carbocycles. The van der Waals surface area contributed by atoms with Crippen molar-refractivity contribution in [2.75, 3.05) is 26.7 Å². The maximum atomic E-state index is 9.46. The van der Waals surface area contributed by atoms with Crippen molar-refractivity contribution in [3.63, 3.8) is 0 Å². The van der Waals surface area contributed by atoms with Crippen LogP contribution in [0.5, 0.6) is 5.75 Å². The third kappa shape index (κ3) is 4.00. The van der Waals surface area contributed by atoms with Crippen LogP contribution >= 0.6 is 0 Å². The molecule has 0 aliphatic carbocycles. The van der Waals surface area contributed by atoms with E-state index in [4.69, 9.17) is 0 Å². The molecule has 2 rings (SSSR count).